The Hall–Kier alpha value is -1.86. The fourth-order valence-electron chi connectivity index (χ4n) is 1.81. The van der Waals surface area contributed by atoms with E-state index in [1.807, 2.05) is 11.8 Å². The quantitative estimate of drug-likeness (QED) is 0.722. The van der Waals surface area contributed by atoms with Gasteiger partial charge in [-0.25, -0.2) is 0 Å². The Morgan fingerprint density at radius 3 is 2.72 bits per heavy atom. The lowest BCUT2D eigenvalue weighted by molar-refractivity contribution is 0.101. The van der Waals surface area contributed by atoms with E-state index < -0.39 is 0 Å². The number of hydrogen-bond donors (Lipinski definition) is 0. The van der Waals surface area contributed by atoms with Gasteiger partial charge in [0.15, 0.2) is 5.78 Å². The van der Waals surface area contributed by atoms with Crippen LogP contribution < -0.4 is 4.90 Å². The maximum Gasteiger partial charge on any atom is 0.161 e. The number of likely N-dealkylation sites (N-methyl/N-ethyl adjacent to an activating group) is 1. The fourth-order valence-corrected chi connectivity index (χ4v) is 1.81. The molecule has 4 nitrogen and oxygen atoms in total. The van der Waals surface area contributed by atoms with E-state index in [2.05, 4.69) is 6.07 Å². The Labute approximate surface area is 108 Å². The van der Waals surface area contributed by atoms with Gasteiger partial charge in [-0.1, -0.05) is 0 Å². The summed E-state index contributed by atoms with van der Waals surface area (Å²) in [6, 6.07) is 7.24. The van der Waals surface area contributed by atoms with Gasteiger partial charge in [-0.3, -0.25) is 4.79 Å². The van der Waals surface area contributed by atoms with Gasteiger partial charge in [-0.15, -0.1) is 0 Å². The molecule has 0 bridgehead atoms. The minimum Gasteiger partial charge on any atom is -0.383 e. The molecule has 96 valence electrons. The molecule has 4 heteroatoms. The third kappa shape index (κ3) is 3.31. The number of ether oxygens (including phenoxy) is 1. The van der Waals surface area contributed by atoms with Crippen LogP contribution in [0.2, 0.25) is 0 Å². The Morgan fingerprint density at radius 1 is 1.50 bits per heavy atom. The molecular weight excluding hydrogens is 228 g/mol. The number of Topliss-reactive ketones (excluding diaryl/α,β-unsaturated/α-hetero) is 1. The van der Waals surface area contributed by atoms with Gasteiger partial charge in [0.2, 0.25) is 0 Å². The summed E-state index contributed by atoms with van der Waals surface area (Å²) >= 11 is 0. The van der Waals surface area contributed by atoms with Gasteiger partial charge < -0.3 is 9.64 Å². The molecule has 0 aliphatic carbocycles. The summed E-state index contributed by atoms with van der Waals surface area (Å²) in [5, 5.41) is 8.94. The maximum absolute atomic E-state index is 11.6. The summed E-state index contributed by atoms with van der Waals surface area (Å²) in [5.74, 6) is 0.00496. The molecule has 0 aliphatic rings. The molecule has 0 atom stereocenters. The Balaban J connectivity index is 3.16. The van der Waals surface area contributed by atoms with Crippen molar-refractivity contribution in [3.63, 3.8) is 0 Å². The molecule has 0 radical (unpaired) electrons. The van der Waals surface area contributed by atoms with E-state index in [0.717, 1.165) is 12.2 Å². The molecule has 18 heavy (non-hydrogen) atoms. The van der Waals surface area contributed by atoms with Crippen LogP contribution in [0, 0.1) is 11.3 Å². The summed E-state index contributed by atoms with van der Waals surface area (Å²) in [4.78, 5) is 13.7. The highest BCUT2D eigenvalue weighted by Crippen LogP contribution is 2.22. The molecule has 0 saturated carbocycles. The lowest BCUT2D eigenvalue weighted by Crippen LogP contribution is -2.28. The van der Waals surface area contributed by atoms with Gasteiger partial charge in [0.05, 0.1) is 18.2 Å². The number of benzene rings is 1. The largest absolute Gasteiger partial charge is 0.383 e. The van der Waals surface area contributed by atoms with Crippen LogP contribution in [0.25, 0.3) is 0 Å². The summed E-state index contributed by atoms with van der Waals surface area (Å²) in [5.41, 5.74) is 2.01. The van der Waals surface area contributed by atoms with Crippen molar-refractivity contribution in [2.45, 2.75) is 13.8 Å². The highest BCUT2D eigenvalue weighted by atomic mass is 16.5. The number of rotatable bonds is 6. The molecule has 0 spiro atoms. The van der Waals surface area contributed by atoms with Gasteiger partial charge in [-0.05, 0) is 32.0 Å². The van der Waals surface area contributed by atoms with Crippen molar-refractivity contribution in [3.05, 3.63) is 29.3 Å². The first kappa shape index (κ1) is 14.2. The molecule has 0 unspecified atom stereocenters. The van der Waals surface area contributed by atoms with Crippen molar-refractivity contribution in [1.82, 2.24) is 0 Å². The summed E-state index contributed by atoms with van der Waals surface area (Å²) in [6.45, 7) is 5.59. The van der Waals surface area contributed by atoms with Crippen molar-refractivity contribution in [2.75, 3.05) is 31.7 Å². The lowest BCUT2D eigenvalue weighted by atomic mass is 10.1. The van der Waals surface area contributed by atoms with Gasteiger partial charge in [0.25, 0.3) is 0 Å². The second-order valence-electron chi connectivity index (χ2n) is 3.97. The van der Waals surface area contributed by atoms with Crippen molar-refractivity contribution >= 4 is 11.5 Å². The third-order valence-corrected chi connectivity index (χ3v) is 2.79. The van der Waals surface area contributed by atoms with Crippen LogP contribution >= 0.6 is 0 Å². The number of hydrogen-bond acceptors (Lipinski definition) is 4. The Morgan fingerprint density at radius 2 is 2.22 bits per heavy atom. The predicted octanol–water partition coefficient (Wildman–Crippen LogP) is 2.23. The van der Waals surface area contributed by atoms with Crippen LogP contribution in [0.4, 0.5) is 5.69 Å². The van der Waals surface area contributed by atoms with Gasteiger partial charge in [0, 0.05) is 31.5 Å². The molecule has 0 aromatic heterocycles. The van der Waals surface area contributed by atoms with Crippen LogP contribution in [-0.2, 0) is 4.74 Å². The van der Waals surface area contributed by atoms with Crippen LogP contribution in [0.5, 0.6) is 0 Å². The molecule has 0 aliphatic heterocycles. The number of anilines is 1. The SMILES string of the molecule is CCN(CCOC)c1cc(C#N)ccc1C(C)=O. The molecule has 1 rings (SSSR count). The summed E-state index contributed by atoms with van der Waals surface area (Å²) in [7, 11) is 1.64. The monoisotopic (exact) mass is 246 g/mol. The van der Waals surface area contributed by atoms with E-state index in [-0.39, 0.29) is 5.78 Å². The number of methoxy groups -OCH3 is 1. The van der Waals surface area contributed by atoms with Crippen LogP contribution in [0.15, 0.2) is 18.2 Å². The molecule has 1 aromatic rings. The van der Waals surface area contributed by atoms with E-state index in [4.69, 9.17) is 10.00 Å². The fraction of sp³-hybridized carbons (Fsp3) is 0.429. The molecule has 1 aromatic carbocycles. The van der Waals surface area contributed by atoms with Crippen LogP contribution in [-0.4, -0.2) is 32.6 Å². The van der Waals surface area contributed by atoms with E-state index in [1.165, 1.54) is 6.92 Å². The molecule has 0 saturated heterocycles. The minimum atomic E-state index is 0.00496. The number of nitriles is 1. The minimum absolute atomic E-state index is 0.00496. The molecule has 0 N–H and O–H groups in total. The van der Waals surface area contributed by atoms with Crippen molar-refractivity contribution in [1.29, 1.82) is 5.26 Å². The topological polar surface area (TPSA) is 53.3 Å². The van der Waals surface area contributed by atoms with Crippen molar-refractivity contribution in [2.24, 2.45) is 0 Å². The number of carbonyl (C=O) groups excluding carboxylic acids is 1. The number of ketones is 1. The molecule has 0 heterocycles. The average Bonchev–Trinajstić information content (AvgIpc) is 2.39. The van der Waals surface area contributed by atoms with Crippen molar-refractivity contribution < 1.29 is 9.53 Å². The summed E-state index contributed by atoms with van der Waals surface area (Å²) < 4.78 is 5.06. The Bertz CT molecular complexity index is 463. The van der Waals surface area contributed by atoms with E-state index in [9.17, 15) is 4.79 Å². The highest BCUT2D eigenvalue weighted by molar-refractivity contribution is 6.00. The summed E-state index contributed by atoms with van der Waals surface area (Å²) in [6.07, 6.45) is 0. The second kappa shape index (κ2) is 6.77. The zero-order valence-corrected chi connectivity index (χ0v) is 11.1. The second-order valence-corrected chi connectivity index (χ2v) is 3.97. The smallest absolute Gasteiger partial charge is 0.161 e. The van der Waals surface area contributed by atoms with Gasteiger partial charge in [-0.2, -0.15) is 5.26 Å². The highest BCUT2D eigenvalue weighted by Gasteiger charge is 2.13. The first-order valence-corrected chi connectivity index (χ1v) is 5.93. The average molecular weight is 246 g/mol. The van der Waals surface area contributed by atoms with Crippen molar-refractivity contribution in [3.8, 4) is 6.07 Å². The number of nitrogens with zero attached hydrogens (tertiary/aromatic N) is 2. The van der Waals surface area contributed by atoms with Gasteiger partial charge >= 0.3 is 0 Å². The normalized spacial score (nSPS) is 9.89. The first-order valence-electron chi connectivity index (χ1n) is 5.93. The zero-order chi connectivity index (χ0) is 13.5. The van der Waals surface area contributed by atoms with Gasteiger partial charge in [0.1, 0.15) is 0 Å². The third-order valence-electron chi connectivity index (χ3n) is 2.79. The lowest BCUT2D eigenvalue weighted by Gasteiger charge is -2.25. The molecular formula is C14H18N2O2. The first-order chi connectivity index (χ1) is 8.63. The Kier molecular flexibility index (Phi) is 5.34. The van der Waals surface area contributed by atoms with Crippen LogP contribution in [0.3, 0.4) is 0 Å². The predicted molar refractivity (Wildman–Crippen MR) is 70.9 cm³/mol. The maximum atomic E-state index is 11.6. The number of carbonyl (C=O) groups is 1. The van der Waals surface area contributed by atoms with E-state index in [1.54, 1.807) is 25.3 Å². The molecule has 0 amide bonds. The van der Waals surface area contributed by atoms with E-state index >= 15 is 0 Å². The standard InChI is InChI=1S/C14H18N2O2/c1-4-16(7-8-18-3)14-9-12(10-15)5-6-13(14)11(2)17/h5-6,9H,4,7-8H2,1-3H3. The molecule has 0 fully saturated rings. The van der Waals surface area contributed by atoms with E-state index in [0.29, 0.717) is 24.3 Å². The van der Waals surface area contributed by atoms with Crippen LogP contribution in [0.1, 0.15) is 29.8 Å². The zero-order valence-electron chi connectivity index (χ0n) is 11.1.